The number of nitro groups is 2. The summed E-state index contributed by atoms with van der Waals surface area (Å²) in [6.07, 6.45) is 2.53. The number of nitrogens with one attached hydrogen (secondary N) is 1. The molecular formula is C12H17N5O4. The highest BCUT2D eigenvalue weighted by atomic mass is 16.6. The minimum atomic E-state index is -0.463. The zero-order valence-electron chi connectivity index (χ0n) is 11.5. The van der Waals surface area contributed by atoms with E-state index in [1.165, 1.54) is 18.3 Å². The molecule has 0 amide bonds. The van der Waals surface area contributed by atoms with E-state index < -0.39 is 11.0 Å². The highest BCUT2D eigenvalue weighted by molar-refractivity contribution is 5.44. The van der Waals surface area contributed by atoms with Crippen molar-refractivity contribution >= 4 is 11.5 Å². The molecule has 9 heteroatoms. The van der Waals surface area contributed by atoms with Crippen LogP contribution in [0, 0.1) is 20.2 Å². The summed E-state index contributed by atoms with van der Waals surface area (Å²) in [5.41, 5.74) is -0.000651. The maximum atomic E-state index is 10.7. The van der Waals surface area contributed by atoms with Crippen molar-refractivity contribution in [1.82, 2.24) is 9.88 Å². The van der Waals surface area contributed by atoms with Crippen LogP contribution in [0.25, 0.3) is 0 Å². The van der Waals surface area contributed by atoms with Gasteiger partial charge in [0.15, 0.2) is 0 Å². The number of likely N-dealkylation sites (tertiary alicyclic amines) is 1. The summed E-state index contributed by atoms with van der Waals surface area (Å²) in [5, 5.41) is 24.3. The molecular weight excluding hydrogens is 278 g/mol. The van der Waals surface area contributed by atoms with Crippen molar-refractivity contribution in [2.75, 3.05) is 31.5 Å². The van der Waals surface area contributed by atoms with Crippen molar-refractivity contribution in [3.8, 4) is 0 Å². The fraction of sp³-hybridized carbons (Fsp3) is 0.583. The number of nitrogens with zero attached hydrogens (tertiary/aromatic N) is 4. The van der Waals surface area contributed by atoms with Crippen molar-refractivity contribution < 1.29 is 9.85 Å². The van der Waals surface area contributed by atoms with Gasteiger partial charge in [0.05, 0.1) is 11.0 Å². The Hall–Kier alpha value is -2.29. The summed E-state index contributed by atoms with van der Waals surface area (Å²) in [7, 11) is 0. The average Bonchev–Trinajstić information content (AvgIpc) is 2.48. The lowest BCUT2D eigenvalue weighted by Crippen LogP contribution is -2.41. The van der Waals surface area contributed by atoms with E-state index in [9.17, 15) is 20.2 Å². The van der Waals surface area contributed by atoms with Gasteiger partial charge in [0.1, 0.15) is 5.82 Å². The number of anilines is 1. The largest absolute Gasteiger partial charge is 0.369 e. The molecule has 0 radical (unpaired) electrons. The first-order chi connectivity index (χ1) is 10.1. The first kappa shape index (κ1) is 15.1. The number of rotatable bonds is 6. The molecule has 1 aromatic heterocycles. The van der Waals surface area contributed by atoms with Crippen LogP contribution >= 0.6 is 0 Å². The van der Waals surface area contributed by atoms with Gasteiger partial charge in [0, 0.05) is 56.2 Å². The van der Waals surface area contributed by atoms with Gasteiger partial charge in [-0.1, -0.05) is 0 Å². The van der Waals surface area contributed by atoms with Crippen LogP contribution in [0.1, 0.15) is 12.8 Å². The molecule has 0 saturated carbocycles. The second-order valence-corrected chi connectivity index (χ2v) is 4.94. The molecule has 9 nitrogen and oxygen atoms in total. The van der Waals surface area contributed by atoms with E-state index in [1.54, 1.807) is 0 Å². The Morgan fingerprint density at radius 2 is 2.05 bits per heavy atom. The Balaban J connectivity index is 1.74. The summed E-state index contributed by atoms with van der Waals surface area (Å²) in [5.74, 6) is 0.462. The van der Waals surface area contributed by atoms with Crippen molar-refractivity contribution in [3.63, 3.8) is 0 Å². The summed E-state index contributed by atoms with van der Waals surface area (Å²) >= 11 is 0. The van der Waals surface area contributed by atoms with Gasteiger partial charge in [0.25, 0.3) is 5.69 Å². The van der Waals surface area contributed by atoms with Crippen LogP contribution in [0.2, 0.25) is 0 Å². The number of piperidine rings is 1. The molecule has 114 valence electrons. The van der Waals surface area contributed by atoms with E-state index in [0.29, 0.717) is 38.3 Å². The predicted molar refractivity (Wildman–Crippen MR) is 75.8 cm³/mol. The lowest BCUT2D eigenvalue weighted by molar-refractivity contribution is -0.526. The zero-order valence-corrected chi connectivity index (χ0v) is 11.5. The second-order valence-electron chi connectivity index (χ2n) is 4.94. The lowest BCUT2D eigenvalue weighted by atomic mass is 10.1. The standard InChI is InChI=1S/C12H17N5O4/c18-16(19)10-2-6-15(7-3-10)8-5-14-12-9-11(17(20)21)1-4-13-12/h1,4,9-10H,2-3,5-8H2,(H,13,14). The van der Waals surface area contributed by atoms with Crippen molar-refractivity contribution in [2.24, 2.45) is 0 Å². The first-order valence-electron chi connectivity index (χ1n) is 6.76. The predicted octanol–water partition coefficient (Wildman–Crippen LogP) is 1.14. The van der Waals surface area contributed by atoms with E-state index in [4.69, 9.17) is 0 Å². The Kier molecular flexibility index (Phi) is 4.99. The third kappa shape index (κ3) is 4.35. The molecule has 0 unspecified atom stereocenters. The maximum absolute atomic E-state index is 10.7. The molecule has 0 bridgehead atoms. The molecule has 0 aromatic carbocycles. The van der Waals surface area contributed by atoms with Crippen LogP contribution in [-0.2, 0) is 0 Å². The van der Waals surface area contributed by atoms with Crippen LogP contribution < -0.4 is 5.32 Å². The minimum absolute atomic E-state index is 0.000651. The van der Waals surface area contributed by atoms with Crippen molar-refractivity contribution in [3.05, 3.63) is 38.6 Å². The minimum Gasteiger partial charge on any atom is -0.369 e. The Morgan fingerprint density at radius 3 is 2.67 bits per heavy atom. The van der Waals surface area contributed by atoms with Crippen LogP contribution in [0.4, 0.5) is 11.5 Å². The van der Waals surface area contributed by atoms with Gasteiger partial charge in [-0.2, -0.15) is 0 Å². The van der Waals surface area contributed by atoms with Gasteiger partial charge >= 0.3 is 0 Å². The quantitative estimate of drug-likeness (QED) is 0.618. The molecule has 1 aliphatic rings. The molecule has 1 fully saturated rings. The van der Waals surface area contributed by atoms with Crippen LogP contribution in [0.3, 0.4) is 0 Å². The van der Waals surface area contributed by atoms with E-state index >= 15 is 0 Å². The Labute approximate surface area is 121 Å². The molecule has 2 rings (SSSR count). The van der Waals surface area contributed by atoms with Gasteiger partial charge in [0.2, 0.25) is 6.04 Å². The van der Waals surface area contributed by atoms with Gasteiger partial charge < -0.3 is 10.2 Å². The molecule has 0 atom stereocenters. The van der Waals surface area contributed by atoms with Crippen LogP contribution in [0.15, 0.2) is 18.3 Å². The Morgan fingerprint density at radius 1 is 1.33 bits per heavy atom. The summed E-state index contributed by atoms with van der Waals surface area (Å²) in [4.78, 5) is 26.8. The third-order valence-electron chi connectivity index (χ3n) is 3.54. The molecule has 1 aliphatic heterocycles. The topological polar surface area (TPSA) is 114 Å². The van der Waals surface area contributed by atoms with Crippen LogP contribution in [0.5, 0.6) is 0 Å². The number of hydrogen-bond donors (Lipinski definition) is 1. The van der Waals surface area contributed by atoms with Crippen LogP contribution in [-0.4, -0.2) is 52.0 Å². The zero-order chi connectivity index (χ0) is 15.2. The third-order valence-corrected chi connectivity index (χ3v) is 3.54. The van der Waals surface area contributed by atoms with Gasteiger partial charge in [-0.25, -0.2) is 4.98 Å². The van der Waals surface area contributed by atoms with E-state index in [2.05, 4.69) is 15.2 Å². The molecule has 1 N–H and O–H groups in total. The SMILES string of the molecule is O=[N+]([O-])c1ccnc(NCCN2CCC([N+](=O)[O-])CC2)c1. The molecule has 1 saturated heterocycles. The maximum Gasteiger partial charge on any atom is 0.274 e. The van der Waals surface area contributed by atoms with E-state index in [0.717, 1.165) is 6.54 Å². The molecule has 0 spiro atoms. The fourth-order valence-corrected chi connectivity index (χ4v) is 2.33. The van der Waals surface area contributed by atoms with Crippen molar-refractivity contribution in [1.29, 1.82) is 0 Å². The lowest BCUT2D eigenvalue weighted by Gasteiger charge is -2.28. The van der Waals surface area contributed by atoms with Crippen molar-refractivity contribution in [2.45, 2.75) is 18.9 Å². The highest BCUT2D eigenvalue weighted by Gasteiger charge is 2.26. The monoisotopic (exact) mass is 295 g/mol. The normalized spacial score (nSPS) is 16.6. The molecule has 1 aromatic rings. The van der Waals surface area contributed by atoms with E-state index in [-0.39, 0.29) is 10.6 Å². The van der Waals surface area contributed by atoms with Gasteiger partial charge in [-0.05, 0) is 0 Å². The number of aromatic nitrogens is 1. The smallest absolute Gasteiger partial charge is 0.274 e. The van der Waals surface area contributed by atoms with E-state index in [1.807, 2.05) is 0 Å². The molecule has 21 heavy (non-hydrogen) atoms. The number of pyridine rings is 1. The second kappa shape index (κ2) is 6.93. The summed E-state index contributed by atoms with van der Waals surface area (Å²) in [6, 6.07) is 2.31. The van der Waals surface area contributed by atoms with Gasteiger partial charge in [-0.3, -0.25) is 20.2 Å². The molecule has 0 aliphatic carbocycles. The fourth-order valence-electron chi connectivity index (χ4n) is 2.33. The summed E-state index contributed by atoms with van der Waals surface area (Å²) < 4.78 is 0. The highest BCUT2D eigenvalue weighted by Crippen LogP contribution is 2.15. The number of hydrogen-bond acceptors (Lipinski definition) is 7. The molecule has 2 heterocycles. The first-order valence-corrected chi connectivity index (χ1v) is 6.76. The van der Waals surface area contributed by atoms with Gasteiger partial charge in [-0.15, -0.1) is 0 Å². The summed E-state index contributed by atoms with van der Waals surface area (Å²) in [6.45, 7) is 2.73. The average molecular weight is 295 g/mol. The Bertz CT molecular complexity index is 516.